The average Bonchev–Trinajstić information content (AvgIpc) is 2.91. The number of allylic oxidation sites excluding steroid dienone is 1. The van der Waals surface area contributed by atoms with Crippen molar-refractivity contribution in [2.45, 2.75) is 65.2 Å². The molecule has 3 nitrogen and oxygen atoms in total. The van der Waals surface area contributed by atoms with E-state index in [0.29, 0.717) is 35.4 Å². The van der Waals surface area contributed by atoms with Crippen molar-refractivity contribution < 1.29 is 9.90 Å². The van der Waals surface area contributed by atoms with Gasteiger partial charge in [-0.2, -0.15) is 0 Å². The quantitative estimate of drug-likeness (QED) is 0.707. The maximum absolute atomic E-state index is 12.0. The predicted molar refractivity (Wildman–Crippen MR) is 97.4 cm³/mol. The Morgan fingerprint density at radius 3 is 2.80 bits per heavy atom. The van der Waals surface area contributed by atoms with E-state index in [1.54, 1.807) is 6.20 Å². The number of aliphatic hydroxyl groups excluding tert-OH is 1. The van der Waals surface area contributed by atoms with E-state index >= 15 is 0 Å². The van der Waals surface area contributed by atoms with Crippen LogP contribution in [0.3, 0.4) is 0 Å². The van der Waals surface area contributed by atoms with Crippen LogP contribution >= 0.6 is 0 Å². The van der Waals surface area contributed by atoms with E-state index in [1.807, 2.05) is 0 Å². The second-order valence-electron chi connectivity index (χ2n) is 9.71. The molecule has 0 heterocycles. The predicted octanol–water partition coefficient (Wildman–Crippen LogP) is 4.62. The number of rotatable bonds is 1. The van der Waals surface area contributed by atoms with Crippen molar-refractivity contribution in [2.75, 3.05) is 6.61 Å². The molecule has 0 aromatic rings. The summed E-state index contributed by atoms with van der Waals surface area (Å²) in [6.07, 6.45) is 9.97. The highest BCUT2D eigenvalue weighted by molar-refractivity contribution is 5.79. The van der Waals surface area contributed by atoms with Crippen molar-refractivity contribution in [3.63, 3.8) is 0 Å². The minimum Gasteiger partial charge on any atom is -0.396 e. The summed E-state index contributed by atoms with van der Waals surface area (Å²) in [4.78, 5) is 15.6. The molecule has 3 heteroatoms. The lowest BCUT2D eigenvalue weighted by atomic mass is 9.42. The van der Waals surface area contributed by atoms with E-state index in [0.717, 1.165) is 32.1 Å². The summed E-state index contributed by atoms with van der Waals surface area (Å²) in [5.41, 5.74) is 1.65. The van der Waals surface area contributed by atoms with Gasteiger partial charge >= 0.3 is 0 Å². The number of carbonyl (C=O) groups excluding carboxylic acids is 1. The Balaban J connectivity index is 1.72. The van der Waals surface area contributed by atoms with Gasteiger partial charge in [-0.15, -0.1) is 0 Å². The monoisotopic (exact) mass is 341 g/mol. The van der Waals surface area contributed by atoms with Gasteiger partial charge in [0.25, 0.3) is 0 Å². The zero-order valence-corrected chi connectivity index (χ0v) is 15.6. The number of Topliss-reactive ketones (excluding diaryl/α,β-unsaturated/α-hetero) is 1. The van der Waals surface area contributed by atoms with Gasteiger partial charge in [0.1, 0.15) is 5.78 Å². The minimum absolute atomic E-state index is 0.104. The summed E-state index contributed by atoms with van der Waals surface area (Å²) >= 11 is 0. The fourth-order valence-corrected chi connectivity index (χ4v) is 7.76. The van der Waals surface area contributed by atoms with Gasteiger partial charge in [-0.1, -0.05) is 19.4 Å². The van der Waals surface area contributed by atoms with E-state index in [9.17, 15) is 9.90 Å². The molecule has 0 aromatic carbocycles. The molecule has 25 heavy (non-hydrogen) atoms. The second kappa shape index (κ2) is 5.95. The highest BCUT2D eigenvalue weighted by atomic mass is 16.3. The van der Waals surface area contributed by atoms with E-state index in [1.165, 1.54) is 24.8 Å². The molecular formula is C22H31NO2. The summed E-state index contributed by atoms with van der Waals surface area (Å²) in [6.45, 7) is 12.3. The SMILES string of the molecule is [C-]#[N+]/C=C1/CC[C@H]2[C@@H]3CC[C@H]4CC(=O)CC[C@]4(C)[C@H]3[C@@H](CO)C[C@]12C. The van der Waals surface area contributed by atoms with Crippen molar-refractivity contribution in [3.8, 4) is 0 Å². The molecule has 4 rings (SSSR count). The van der Waals surface area contributed by atoms with Crippen LogP contribution in [0.2, 0.25) is 0 Å². The summed E-state index contributed by atoms with van der Waals surface area (Å²) in [6, 6.07) is 0. The Hall–Kier alpha value is -1.14. The van der Waals surface area contributed by atoms with E-state index in [4.69, 9.17) is 6.57 Å². The topological polar surface area (TPSA) is 41.7 Å². The number of ketones is 1. The Morgan fingerprint density at radius 1 is 1.28 bits per heavy atom. The Labute approximate surface area is 151 Å². The number of carbonyl (C=O) groups is 1. The van der Waals surface area contributed by atoms with Crippen LogP contribution in [0.5, 0.6) is 0 Å². The van der Waals surface area contributed by atoms with Crippen molar-refractivity contribution in [3.05, 3.63) is 23.2 Å². The van der Waals surface area contributed by atoms with Crippen LogP contribution in [-0.2, 0) is 4.79 Å². The van der Waals surface area contributed by atoms with Gasteiger partial charge in [-0.25, -0.2) is 4.85 Å². The second-order valence-corrected chi connectivity index (χ2v) is 9.71. The zero-order valence-electron chi connectivity index (χ0n) is 15.6. The Bertz CT molecular complexity index is 647. The van der Waals surface area contributed by atoms with Crippen molar-refractivity contribution >= 4 is 5.78 Å². The highest BCUT2D eigenvalue weighted by Gasteiger charge is 2.61. The first-order valence-corrected chi connectivity index (χ1v) is 10.1. The molecule has 4 fully saturated rings. The molecule has 0 bridgehead atoms. The molecule has 0 unspecified atom stereocenters. The molecule has 0 saturated heterocycles. The van der Waals surface area contributed by atoms with Crippen LogP contribution in [0, 0.1) is 47.0 Å². The Morgan fingerprint density at radius 2 is 2.08 bits per heavy atom. The number of hydrogen-bond acceptors (Lipinski definition) is 2. The standard InChI is InChI=1S/C22H31NO2/c1-21-9-8-17(25)10-15(21)4-6-18-19-7-5-16(12-23-3)22(19,2)11-14(13-24)20(18)21/h12,14-15,18-20,24H,4-11,13H2,1-2H3/b16-12-/t14-,15+,18+,19+,20+,21+,22-/m1/s1. The minimum atomic E-state index is 0.104. The molecule has 7 atom stereocenters. The summed E-state index contributed by atoms with van der Waals surface area (Å²) < 4.78 is 0. The van der Waals surface area contributed by atoms with Gasteiger partial charge in [0, 0.05) is 19.4 Å². The lowest BCUT2D eigenvalue weighted by molar-refractivity contribution is -0.151. The van der Waals surface area contributed by atoms with Gasteiger partial charge in [-0.3, -0.25) is 4.79 Å². The van der Waals surface area contributed by atoms with E-state index < -0.39 is 0 Å². The average molecular weight is 341 g/mol. The van der Waals surface area contributed by atoms with Gasteiger partial charge in [0.15, 0.2) is 6.20 Å². The first-order chi connectivity index (χ1) is 11.9. The third kappa shape index (κ3) is 2.36. The molecule has 0 spiro atoms. The normalized spacial score (nSPS) is 50.7. The molecule has 4 aliphatic rings. The highest BCUT2D eigenvalue weighted by Crippen LogP contribution is 2.68. The third-order valence-corrected chi connectivity index (χ3v) is 8.86. The van der Waals surface area contributed by atoms with Crippen molar-refractivity contribution in [1.29, 1.82) is 0 Å². The maximum Gasteiger partial charge on any atom is 0.154 e. The maximum atomic E-state index is 12.0. The molecule has 0 radical (unpaired) electrons. The van der Waals surface area contributed by atoms with Crippen molar-refractivity contribution in [2.24, 2.45) is 40.4 Å². The van der Waals surface area contributed by atoms with Gasteiger partial charge in [0.05, 0.1) is 6.57 Å². The number of hydrogen-bond donors (Lipinski definition) is 1. The molecule has 0 aliphatic heterocycles. The molecule has 4 aliphatic carbocycles. The molecule has 1 N–H and O–H groups in total. The molecule has 136 valence electrons. The van der Waals surface area contributed by atoms with Crippen LogP contribution < -0.4 is 0 Å². The number of fused-ring (bicyclic) bond motifs is 5. The molecular weight excluding hydrogens is 310 g/mol. The first kappa shape index (κ1) is 17.3. The smallest absolute Gasteiger partial charge is 0.154 e. The summed E-state index contributed by atoms with van der Waals surface area (Å²) in [7, 11) is 0. The molecule has 0 aromatic heterocycles. The number of nitrogens with zero attached hydrogens (tertiary/aromatic N) is 1. The van der Waals surface area contributed by atoms with Gasteiger partial charge < -0.3 is 5.11 Å². The van der Waals surface area contributed by atoms with E-state index in [-0.39, 0.29) is 17.4 Å². The fourth-order valence-electron chi connectivity index (χ4n) is 7.76. The lowest BCUT2D eigenvalue weighted by Gasteiger charge is -2.62. The lowest BCUT2D eigenvalue weighted by Crippen LogP contribution is -2.57. The van der Waals surface area contributed by atoms with Crippen LogP contribution in [0.1, 0.15) is 65.2 Å². The molecule has 4 saturated carbocycles. The Kier molecular flexibility index (Phi) is 4.11. The summed E-state index contributed by atoms with van der Waals surface area (Å²) in [5, 5.41) is 10.3. The van der Waals surface area contributed by atoms with Crippen molar-refractivity contribution in [1.82, 2.24) is 0 Å². The van der Waals surface area contributed by atoms with Crippen LogP contribution in [-0.4, -0.2) is 17.5 Å². The van der Waals surface area contributed by atoms with Gasteiger partial charge in [0.2, 0.25) is 0 Å². The van der Waals surface area contributed by atoms with Crippen LogP contribution in [0.15, 0.2) is 11.8 Å². The first-order valence-electron chi connectivity index (χ1n) is 10.1. The van der Waals surface area contributed by atoms with E-state index in [2.05, 4.69) is 18.7 Å². The third-order valence-electron chi connectivity index (χ3n) is 8.86. The summed E-state index contributed by atoms with van der Waals surface area (Å²) in [5.74, 6) is 3.15. The fraction of sp³-hybridized carbons (Fsp3) is 0.818. The number of aliphatic hydroxyl groups is 1. The molecule has 0 amide bonds. The van der Waals surface area contributed by atoms with Crippen LogP contribution in [0.25, 0.3) is 4.85 Å². The van der Waals surface area contributed by atoms with Crippen LogP contribution in [0.4, 0.5) is 0 Å². The zero-order chi connectivity index (χ0) is 17.8. The van der Waals surface area contributed by atoms with Gasteiger partial charge in [-0.05, 0) is 78.9 Å². The largest absolute Gasteiger partial charge is 0.396 e.